The van der Waals surface area contributed by atoms with E-state index in [1.54, 1.807) is 7.11 Å². The lowest BCUT2D eigenvalue weighted by Gasteiger charge is -2.25. The molecule has 18 heavy (non-hydrogen) atoms. The number of hydrogen-bond acceptors (Lipinski definition) is 3. The average Bonchev–Trinajstić information content (AvgIpc) is 2.43. The fraction of sp³-hybridized carbons (Fsp3) is 0.200. The molecule has 2 N–H and O–H groups in total. The summed E-state index contributed by atoms with van der Waals surface area (Å²) in [5.74, 6) is 0.710. The van der Waals surface area contributed by atoms with Crippen molar-refractivity contribution in [2.45, 2.75) is 6.92 Å². The zero-order chi connectivity index (χ0) is 13.0. The van der Waals surface area contributed by atoms with Gasteiger partial charge in [0.1, 0.15) is 5.75 Å². The summed E-state index contributed by atoms with van der Waals surface area (Å²) in [6.07, 6.45) is 0. The molecule has 0 heterocycles. The van der Waals surface area contributed by atoms with Crippen LogP contribution in [-0.2, 0) is 0 Å². The first-order valence-electron chi connectivity index (χ1n) is 6.03. The highest BCUT2D eigenvalue weighted by atomic mass is 16.5. The van der Waals surface area contributed by atoms with Crippen molar-refractivity contribution in [3.05, 3.63) is 48.5 Å². The zero-order valence-corrected chi connectivity index (χ0v) is 10.8. The Morgan fingerprint density at radius 2 is 1.78 bits per heavy atom. The van der Waals surface area contributed by atoms with Gasteiger partial charge in [0.25, 0.3) is 0 Å². The van der Waals surface area contributed by atoms with Crippen molar-refractivity contribution >= 4 is 17.1 Å². The summed E-state index contributed by atoms with van der Waals surface area (Å²) in [5, 5.41) is 0. The molecule has 2 aromatic rings. The molecular formula is C15H18N2O. The predicted molar refractivity (Wildman–Crippen MR) is 76.5 cm³/mol. The molecule has 0 unspecified atom stereocenters. The summed E-state index contributed by atoms with van der Waals surface area (Å²) >= 11 is 0. The lowest BCUT2D eigenvalue weighted by Crippen LogP contribution is -2.17. The van der Waals surface area contributed by atoms with E-state index in [2.05, 4.69) is 24.0 Å². The van der Waals surface area contributed by atoms with E-state index in [9.17, 15) is 0 Å². The van der Waals surface area contributed by atoms with Crippen LogP contribution in [0, 0.1) is 0 Å². The van der Waals surface area contributed by atoms with Crippen molar-refractivity contribution < 1.29 is 4.74 Å². The molecule has 0 atom stereocenters. The quantitative estimate of drug-likeness (QED) is 0.835. The number of rotatable bonds is 4. The molecule has 0 bridgehead atoms. The summed E-state index contributed by atoms with van der Waals surface area (Å²) < 4.78 is 5.26. The van der Waals surface area contributed by atoms with Gasteiger partial charge in [-0.25, -0.2) is 0 Å². The van der Waals surface area contributed by atoms with Crippen LogP contribution in [0.1, 0.15) is 6.92 Å². The molecule has 0 saturated heterocycles. The molecule has 0 aliphatic carbocycles. The molecule has 0 spiro atoms. The summed E-state index contributed by atoms with van der Waals surface area (Å²) in [5.41, 5.74) is 8.91. The van der Waals surface area contributed by atoms with Gasteiger partial charge in [0.15, 0.2) is 0 Å². The van der Waals surface area contributed by atoms with Crippen molar-refractivity contribution in [3.8, 4) is 5.75 Å². The Bertz CT molecular complexity index is 511. The topological polar surface area (TPSA) is 38.5 Å². The standard InChI is InChI=1S/C15H18N2O/c1-3-17(12-8-5-4-6-9-12)13-10-7-11-14(18-2)15(13)16/h4-11H,3,16H2,1-2H3. The fourth-order valence-corrected chi connectivity index (χ4v) is 2.05. The molecule has 0 radical (unpaired) electrons. The molecule has 0 saturated carbocycles. The van der Waals surface area contributed by atoms with E-state index in [0.29, 0.717) is 11.4 Å². The van der Waals surface area contributed by atoms with E-state index in [4.69, 9.17) is 10.5 Å². The van der Waals surface area contributed by atoms with Gasteiger partial charge in [-0.1, -0.05) is 24.3 Å². The van der Waals surface area contributed by atoms with Gasteiger partial charge in [0.05, 0.1) is 18.5 Å². The van der Waals surface area contributed by atoms with Gasteiger partial charge in [0.2, 0.25) is 0 Å². The first kappa shape index (κ1) is 12.3. The van der Waals surface area contributed by atoms with Crippen LogP contribution in [0.2, 0.25) is 0 Å². The molecule has 2 rings (SSSR count). The van der Waals surface area contributed by atoms with Crippen molar-refractivity contribution in [1.29, 1.82) is 0 Å². The summed E-state index contributed by atoms with van der Waals surface area (Å²) in [6, 6.07) is 16.0. The number of nitrogens with two attached hydrogens (primary N) is 1. The van der Waals surface area contributed by atoms with Gasteiger partial charge in [-0.2, -0.15) is 0 Å². The minimum Gasteiger partial charge on any atom is -0.495 e. The van der Waals surface area contributed by atoms with E-state index in [1.165, 1.54) is 0 Å². The third-order valence-electron chi connectivity index (χ3n) is 2.94. The normalized spacial score (nSPS) is 10.1. The van der Waals surface area contributed by atoms with Crippen LogP contribution in [0.3, 0.4) is 0 Å². The molecule has 0 aromatic heterocycles. The molecule has 3 nitrogen and oxygen atoms in total. The maximum atomic E-state index is 6.14. The van der Waals surface area contributed by atoms with Gasteiger partial charge in [0, 0.05) is 12.2 Å². The Kier molecular flexibility index (Phi) is 3.72. The van der Waals surface area contributed by atoms with Crippen LogP contribution in [0.4, 0.5) is 17.1 Å². The first-order valence-corrected chi connectivity index (χ1v) is 6.03. The highest BCUT2D eigenvalue weighted by Crippen LogP contribution is 2.35. The zero-order valence-electron chi connectivity index (χ0n) is 10.8. The highest BCUT2D eigenvalue weighted by molar-refractivity contribution is 5.79. The SMILES string of the molecule is CCN(c1ccccc1)c1cccc(OC)c1N. The molecule has 0 aliphatic rings. The molecule has 0 fully saturated rings. The number of benzene rings is 2. The smallest absolute Gasteiger partial charge is 0.143 e. The third-order valence-corrected chi connectivity index (χ3v) is 2.94. The second-order valence-corrected chi connectivity index (χ2v) is 3.97. The van der Waals surface area contributed by atoms with Crippen LogP contribution >= 0.6 is 0 Å². The third kappa shape index (κ3) is 2.25. The van der Waals surface area contributed by atoms with Crippen LogP contribution in [0.25, 0.3) is 0 Å². The Balaban J connectivity index is 2.46. The van der Waals surface area contributed by atoms with Crippen molar-refractivity contribution in [3.63, 3.8) is 0 Å². The van der Waals surface area contributed by atoms with E-state index >= 15 is 0 Å². The van der Waals surface area contributed by atoms with E-state index < -0.39 is 0 Å². The Morgan fingerprint density at radius 3 is 2.39 bits per heavy atom. The highest BCUT2D eigenvalue weighted by Gasteiger charge is 2.12. The number of ether oxygens (including phenoxy) is 1. The van der Waals surface area contributed by atoms with Crippen LogP contribution in [-0.4, -0.2) is 13.7 Å². The predicted octanol–water partition coefficient (Wildman–Crippen LogP) is 3.44. The minimum absolute atomic E-state index is 0.672. The minimum atomic E-state index is 0.672. The van der Waals surface area contributed by atoms with Crippen molar-refractivity contribution in [1.82, 2.24) is 0 Å². The lowest BCUT2D eigenvalue weighted by molar-refractivity contribution is 0.417. The molecule has 2 aromatic carbocycles. The number of nitrogen functional groups attached to an aromatic ring is 1. The maximum Gasteiger partial charge on any atom is 0.143 e. The monoisotopic (exact) mass is 242 g/mol. The molecule has 3 heteroatoms. The molecule has 0 amide bonds. The number of methoxy groups -OCH3 is 1. The largest absolute Gasteiger partial charge is 0.495 e. The maximum absolute atomic E-state index is 6.14. The fourth-order valence-electron chi connectivity index (χ4n) is 2.05. The molecule has 0 aliphatic heterocycles. The van der Waals surface area contributed by atoms with Gasteiger partial charge >= 0.3 is 0 Å². The lowest BCUT2D eigenvalue weighted by atomic mass is 10.2. The Labute approximate surface area is 108 Å². The van der Waals surface area contributed by atoms with E-state index in [1.807, 2.05) is 36.4 Å². The average molecular weight is 242 g/mol. The van der Waals surface area contributed by atoms with Crippen LogP contribution < -0.4 is 15.4 Å². The summed E-state index contributed by atoms with van der Waals surface area (Å²) in [7, 11) is 1.63. The summed E-state index contributed by atoms with van der Waals surface area (Å²) in [4.78, 5) is 2.16. The van der Waals surface area contributed by atoms with Gasteiger partial charge in [-0.3, -0.25) is 0 Å². The second kappa shape index (κ2) is 5.45. The number of anilines is 3. The summed E-state index contributed by atoms with van der Waals surface area (Å²) in [6.45, 7) is 2.95. The van der Waals surface area contributed by atoms with Crippen LogP contribution in [0.15, 0.2) is 48.5 Å². The second-order valence-electron chi connectivity index (χ2n) is 3.97. The number of hydrogen-bond donors (Lipinski definition) is 1. The van der Waals surface area contributed by atoms with Crippen LogP contribution in [0.5, 0.6) is 5.75 Å². The number of nitrogens with zero attached hydrogens (tertiary/aromatic N) is 1. The Morgan fingerprint density at radius 1 is 1.06 bits per heavy atom. The van der Waals surface area contributed by atoms with Crippen molar-refractivity contribution in [2.75, 3.05) is 24.3 Å². The van der Waals surface area contributed by atoms with Gasteiger partial charge < -0.3 is 15.4 Å². The molecule has 94 valence electrons. The van der Waals surface area contributed by atoms with Gasteiger partial charge in [-0.05, 0) is 31.2 Å². The first-order chi connectivity index (χ1) is 8.77. The molecular weight excluding hydrogens is 224 g/mol. The van der Waals surface area contributed by atoms with Gasteiger partial charge in [-0.15, -0.1) is 0 Å². The number of para-hydroxylation sites is 2. The Hall–Kier alpha value is -2.16. The van der Waals surface area contributed by atoms with Crippen molar-refractivity contribution in [2.24, 2.45) is 0 Å². The van der Waals surface area contributed by atoms with E-state index in [0.717, 1.165) is 17.9 Å². The van der Waals surface area contributed by atoms with E-state index in [-0.39, 0.29) is 0 Å².